The van der Waals surface area contributed by atoms with Crippen LogP contribution in [0.4, 0.5) is 5.69 Å². The van der Waals surface area contributed by atoms with Crippen molar-refractivity contribution in [1.82, 2.24) is 10.6 Å². The average molecular weight is 1560 g/mol. The molecular weight excluding hydrogens is 1510 g/mol. The number of hydrogen-bond acceptors (Lipinski definition) is 15. The molecular formula is C59H56BBr4Cl3N11O7S3. The molecule has 0 saturated heterocycles. The maximum atomic E-state index is 12.5. The van der Waals surface area contributed by atoms with E-state index in [2.05, 4.69) is 118 Å². The SMILES string of the molecule is Br.Cl.ClCCl.N#Cc1ccc(CNC(=O)c2cccc(Br)c2CO)cc1.N#Cc1ccc(CNC(=O)c2cccc(Br)c2CSC(=N)N)cc1.NC(N)=S.O=C1OCc2c(Br)cccc21.O=C1OCc2ccccc21.[B]=NS.[C-]#[N+]c1ccc(CN)cc1. The van der Waals surface area contributed by atoms with Gasteiger partial charge in [-0.3, -0.25) is 15.0 Å². The molecule has 2 heterocycles. The summed E-state index contributed by atoms with van der Waals surface area (Å²) < 4.78 is 14.8. The van der Waals surface area contributed by atoms with Gasteiger partial charge in [-0.2, -0.15) is 10.5 Å². The van der Waals surface area contributed by atoms with Crippen LogP contribution in [0.15, 0.2) is 169 Å². The van der Waals surface area contributed by atoms with Crippen LogP contribution in [0.1, 0.15) is 91.5 Å². The molecule has 12 N–H and O–H groups in total. The van der Waals surface area contributed by atoms with Crippen molar-refractivity contribution >= 4 is 185 Å². The molecule has 9 rings (SSSR count). The molecule has 0 bridgehead atoms. The second kappa shape index (κ2) is 46.4. The van der Waals surface area contributed by atoms with Crippen molar-refractivity contribution in [2.45, 2.75) is 45.2 Å². The minimum absolute atomic E-state index is 0. The molecule has 88 heavy (non-hydrogen) atoms. The van der Waals surface area contributed by atoms with Crippen LogP contribution in [0.5, 0.6) is 0 Å². The summed E-state index contributed by atoms with van der Waals surface area (Å²) in [6.45, 7) is 8.57. The number of alkyl halides is 2. The van der Waals surface area contributed by atoms with Crippen LogP contribution >= 0.6 is 137 Å². The number of benzene rings is 7. The first-order valence-electron chi connectivity index (χ1n) is 24.5. The fraction of sp³-hybridized carbons (Fsp3) is 0.136. The van der Waals surface area contributed by atoms with Crippen LogP contribution in [0.3, 0.4) is 0 Å². The van der Waals surface area contributed by atoms with Gasteiger partial charge in [0.05, 0.1) is 52.9 Å². The number of carbonyl (C=O) groups excluding carboxylic acids is 4. The molecule has 2 aliphatic heterocycles. The number of hydrogen-bond donors (Lipinski definition) is 9. The molecule has 0 atom stereocenters. The number of thiol groups is 1. The summed E-state index contributed by atoms with van der Waals surface area (Å²) in [5.41, 5.74) is 30.4. The molecule has 0 unspecified atom stereocenters. The molecule has 459 valence electrons. The van der Waals surface area contributed by atoms with Gasteiger partial charge in [0.2, 0.25) is 0 Å². The normalized spacial score (nSPS) is 10.2. The Balaban J connectivity index is 0.00000107. The third-order valence-electron chi connectivity index (χ3n) is 10.9. The van der Waals surface area contributed by atoms with E-state index in [4.69, 9.17) is 66.6 Å². The van der Waals surface area contributed by atoms with Crippen LogP contribution in [0.2, 0.25) is 0 Å². The van der Waals surface area contributed by atoms with E-state index in [0.29, 0.717) is 87.7 Å². The number of nitrogens with one attached hydrogen (secondary N) is 3. The number of amides is 2. The largest absolute Gasteiger partial charge is 0.326 e. The van der Waals surface area contributed by atoms with Gasteiger partial charge in [0.25, 0.3) is 11.8 Å². The number of aliphatic hydroxyl groups excluding tert-OH is 1. The second-order valence-corrected chi connectivity index (χ2v) is 21.6. The Morgan fingerprint density at radius 2 is 1.14 bits per heavy atom. The summed E-state index contributed by atoms with van der Waals surface area (Å²) >= 11 is 28.1. The van der Waals surface area contributed by atoms with E-state index in [-0.39, 0.29) is 75.4 Å². The first kappa shape index (κ1) is 81.3. The molecule has 0 spiro atoms. The molecule has 0 saturated carbocycles. The smallest absolute Gasteiger partial charge is 0.187 e. The van der Waals surface area contributed by atoms with E-state index in [0.717, 1.165) is 42.3 Å². The molecule has 0 aliphatic carbocycles. The van der Waals surface area contributed by atoms with E-state index in [1.807, 2.05) is 66.7 Å². The minimum atomic E-state index is -0.246. The van der Waals surface area contributed by atoms with Crippen molar-refractivity contribution in [2.75, 3.05) is 5.34 Å². The quantitative estimate of drug-likeness (QED) is 0.00898. The van der Waals surface area contributed by atoms with Gasteiger partial charge in [0.15, 0.2) is 16.0 Å². The maximum Gasteiger partial charge on any atom is 0.187 e. The van der Waals surface area contributed by atoms with Crippen molar-refractivity contribution in [2.24, 2.45) is 27.2 Å². The van der Waals surface area contributed by atoms with Crippen molar-refractivity contribution in [3.8, 4) is 12.1 Å². The van der Waals surface area contributed by atoms with Crippen LogP contribution in [-0.4, -0.2) is 52.1 Å². The predicted octanol–water partition coefficient (Wildman–Crippen LogP) is 13.1. The fourth-order valence-corrected chi connectivity index (χ4v) is 9.11. The number of nitrogens with zero attached hydrogens (tertiary/aromatic N) is 4. The van der Waals surface area contributed by atoms with Crippen LogP contribution in [0.25, 0.3) is 4.85 Å². The zero-order chi connectivity index (χ0) is 64.0. The van der Waals surface area contributed by atoms with Crippen LogP contribution < -0.4 is 33.6 Å². The van der Waals surface area contributed by atoms with Gasteiger partial charge >= 0.3 is 36.7 Å². The number of ether oxygens (including phenoxy) is 2. The molecule has 7 aromatic carbocycles. The molecule has 7 aromatic rings. The Morgan fingerprint density at radius 3 is 1.57 bits per heavy atom. The number of nitrogens with two attached hydrogens (primary N) is 4. The van der Waals surface area contributed by atoms with Gasteiger partial charge in [0.1, 0.15) is 13.2 Å². The van der Waals surface area contributed by atoms with Crippen molar-refractivity contribution in [3.63, 3.8) is 0 Å². The van der Waals surface area contributed by atoms with E-state index < -0.39 is 0 Å². The Hall–Kier alpha value is -6.68. The maximum absolute atomic E-state index is 12.5. The van der Waals surface area contributed by atoms with E-state index in [9.17, 15) is 24.3 Å². The average Bonchev–Trinajstić information content (AvgIpc) is 4.29. The molecule has 2 aliphatic rings. The predicted molar refractivity (Wildman–Crippen MR) is 374 cm³/mol. The molecule has 2 amide bonds. The number of halogens is 7. The van der Waals surface area contributed by atoms with Crippen molar-refractivity contribution in [3.05, 3.63) is 249 Å². The standard InChI is InChI=1S/C17H15BrN4OS.C16H13BrN2O2.C8H5BrO2.C8H8N2.C8H6O2.CH2Cl2.CH4N2S.BHNS.BrH.ClH/c18-15-3-1-2-13(14(15)10-24-17(20)21)16(23)22-9-12-6-4-11(8-19)5-7-12;17-15-3-1-2-13(14(15)10-20)16(21)19-9-12-6-4-11(8-18)5-7-12;9-7-3-1-2-5-6(7)4-11-8(5)10;1-10-8-4-2-7(6-9)3-5-8;9-8-7-4-2-1-3-6(7)5-10-8;2-1-3;2-1(3)4;1-2-3;;/h1-7H,9-10H2,(H3,20,21)(H,22,23);1-7,20H,9-10H2,(H,19,21);1-3H,4H2;2-5H,6,9H2;1-4H,5H2;1H2;(H4,2,3,4);3H;2*1H. The number of thiocarbonyl (C=S) groups is 1. The van der Waals surface area contributed by atoms with E-state index in [1.54, 1.807) is 91.0 Å². The summed E-state index contributed by atoms with van der Waals surface area (Å²) in [5, 5.41) is 40.1. The van der Waals surface area contributed by atoms with E-state index in [1.165, 1.54) is 11.8 Å². The molecule has 0 fully saturated rings. The van der Waals surface area contributed by atoms with Crippen LogP contribution in [-0.2, 0) is 54.7 Å². The number of aliphatic hydroxyl groups is 1. The summed E-state index contributed by atoms with van der Waals surface area (Å²) in [6, 6.07) is 49.0. The van der Waals surface area contributed by atoms with Gasteiger partial charge in [0, 0.05) is 66.6 Å². The number of nitriles is 2. The topological polar surface area (TPSA) is 323 Å². The number of fused-ring (bicyclic) bond motifs is 2. The Kier molecular flexibility index (Phi) is 42.9. The third kappa shape index (κ3) is 30.0. The molecule has 29 heteroatoms. The Labute approximate surface area is 578 Å². The molecule has 18 nitrogen and oxygen atoms in total. The van der Waals surface area contributed by atoms with Gasteiger partial charge in [-0.1, -0.05) is 144 Å². The van der Waals surface area contributed by atoms with Gasteiger partial charge < -0.3 is 48.1 Å². The number of cyclic esters (lactones) is 2. The summed E-state index contributed by atoms with van der Waals surface area (Å²) in [6.07, 6.45) is 0. The minimum Gasteiger partial charge on any atom is -0.326 e. The Bertz CT molecular complexity index is 3550. The second-order valence-electron chi connectivity index (χ2n) is 16.5. The zero-order valence-corrected chi connectivity index (χ0v) is 57.5. The number of amidine groups is 1. The number of carbonyl (C=O) groups is 4. The third-order valence-corrected chi connectivity index (χ3v) is 13.9. The Morgan fingerprint density at radius 1 is 0.727 bits per heavy atom. The van der Waals surface area contributed by atoms with Crippen molar-refractivity contribution < 1.29 is 33.8 Å². The zero-order valence-electron chi connectivity index (χ0n) is 46.1. The number of esters is 2. The van der Waals surface area contributed by atoms with Gasteiger partial charge in [-0.15, -0.1) is 52.6 Å². The molecule has 0 aromatic heterocycles. The first-order chi connectivity index (χ1) is 41.2. The van der Waals surface area contributed by atoms with Crippen LogP contribution in [0, 0.1) is 34.6 Å². The monoisotopic (exact) mass is 1560 g/mol. The fourth-order valence-electron chi connectivity index (χ4n) is 6.83. The number of thioether (sulfide) groups is 1. The summed E-state index contributed by atoms with van der Waals surface area (Å²) in [4.78, 5) is 49.7. The van der Waals surface area contributed by atoms with Gasteiger partial charge in [-0.25, -0.2) is 14.4 Å². The summed E-state index contributed by atoms with van der Waals surface area (Å²) in [7, 11) is 4.34. The van der Waals surface area contributed by atoms with E-state index >= 15 is 0 Å². The first-order valence-corrected chi connectivity index (χ1v) is 29.7. The molecule has 1 radical (unpaired) electrons. The van der Waals surface area contributed by atoms with Crippen molar-refractivity contribution in [1.29, 1.82) is 15.9 Å². The number of rotatable bonds is 10. The summed E-state index contributed by atoms with van der Waals surface area (Å²) in [5.74, 6) is -0.419. The van der Waals surface area contributed by atoms with Gasteiger partial charge in [-0.05, 0) is 101 Å².